The minimum absolute atomic E-state index is 0.0786. The number of hydrogen-bond donors (Lipinski definition) is 1. The molecule has 0 heterocycles. The number of fused-ring (bicyclic) bond motifs is 1. The number of hydrogen-bond acceptors (Lipinski definition) is 4. The number of para-hydroxylation sites is 1. The van der Waals surface area contributed by atoms with E-state index in [0.29, 0.717) is 17.9 Å². The second-order valence-electron chi connectivity index (χ2n) is 6.78. The average molecular weight is 391 g/mol. The monoisotopic (exact) mass is 391 g/mol. The Balaban J connectivity index is 2.27. The lowest BCUT2D eigenvalue weighted by molar-refractivity contribution is -0.131. The third-order valence-corrected chi connectivity index (χ3v) is 4.71. The summed E-state index contributed by atoms with van der Waals surface area (Å²) in [6.45, 7) is 3.33. The normalized spacial score (nSPS) is 11.7. The van der Waals surface area contributed by atoms with Gasteiger partial charge in [-0.2, -0.15) is 0 Å². The number of ether oxygens (including phenoxy) is 2. The van der Waals surface area contributed by atoms with Crippen LogP contribution in [0.4, 0.5) is 0 Å². The van der Waals surface area contributed by atoms with Crippen molar-refractivity contribution in [1.82, 2.24) is 5.32 Å². The Labute approximate surface area is 170 Å². The number of amides is 1. The summed E-state index contributed by atoms with van der Waals surface area (Å²) in [6.07, 6.45) is 1.14. The van der Waals surface area contributed by atoms with Crippen LogP contribution in [0.25, 0.3) is 10.8 Å². The summed E-state index contributed by atoms with van der Waals surface area (Å²) < 4.78 is 11.1. The molecule has 1 N–H and O–H groups in total. The number of carbonyl (C=O) groups excluding carboxylic acids is 2. The van der Waals surface area contributed by atoms with Crippen LogP contribution in [0.5, 0.6) is 11.5 Å². The van der Waals surface area contributed by atoms with Gasteiger partial charge in [0.1, 0.15) is 11.5 Å². The molecule has 1 atom stereocenters. The highest BCUT2D eigenvalue weighted by atomic mass is 16.5. The predicted molar refractivity (Wildman–Crippen MR) is 113 cm³/mol. The molecule has 0 radical (unpaired) electrons. The van der Waals surface area contributed by atoms with Crippen molar-refractivity contribution in [2.24, 2.45) is 0 Å². The zero-order chi connectivity index (χ0) is 20.8. The van der Waals surface area contributed by atoms with Gasteiger partial charge in [-0.1, -0.05) is 55.5 Å². The first-order valence-electron chi connectivity index (χ1n) is 9.67. The second-order valence-corrected chi connectivity index (χ2v) is 6.78. The average Bonchev–Trinajstić information content (AvgIpc) is 2.72. The third kappa shape index (κ3) is 4.57. The largest absolute Gasteiger partial charge is 0.496 e. The van der Waals surface area contributed by atoms with Gasteiger partial charge in [0.2, 0.25) is 5.91 Å². The molecule has 0 saturated heterocycles. The van der Waals surface area contributed by atoms with E-state index in [1.54, 1.807) is 13.2 Å². The third-order valence-electron chi connectivity index (χ3n) is 4.71. The number of nitrogens with one attached hydrogen (secondary N) is 1. The highest BCUT2D eigenvalue weighted by Crippen LogP contribution is 2.39. The van der Waals surface area contributed by atoms with Gasteiger partial charge < -0.3 is 14.8 Å². The molecule has 0 bridgehead atoms. The first-order chi connectivity index (χ1) is 14.0. The van der Waals surface area contributed by atoms with E-state index in [4.69, 9.17) is 9.47 Å². The first kappa shape index (κ1) is 20.4. The maximum atomic E-state index is 12.6. The molecule has 3 rings (SSSR count). The Morgan fingerprint density at radius 1 is 0.966 bits per heavy atom. The van der Waals surface area contributed by atoms with E-state index in [1.165, 1.54) is 6.92 Å². The van der Waals surface area contributed by atoms with Gasteiger partial charge in [-0.15, -0.1) is 0 Å². The molecule has 5 heteroatoms. The maximum absolute atomic E-state index is 12.6. The Kier molecular flexibility index (Phi) is 6.50. The number of esters is 1. The van der Waals surface area contributed by atoms with Crippen molar-refractivity contribution in [3.8, 4) is 11.5 Å². The molecule has 0 spiro atoms. The number of rotatable bonds is 7. The Morgan fingerprint density at radius 3 is 2.41 bits per heavy atom. The fourth-order valence-electron chi connectivity index (χ4n) is 3.49. The van der Waals surface area contributed by atoms with E-state index < -0.39 is 12.0 Å². The summed E-state index contributed by atoms with van der Waals surface area (Å²) in [5, 5.41) is 5.01. The molecule has 0 aliphatic carbocycles. The first-order valence-corrected chi connectivity index (χ1v) is 9.67. The van der Waals surface area contributed by atoms with Crippen molar-refractivity contribution in [3.63, 3.8) is 0 Å². The van der Waals surface area contributed by atoms with Gasteiger partial charge in [0.05, 0.1) is 13.2 Å². The van der Waals surface area contributed by atoms with Crippen LogP contribution in [-0.2, 0) is 9.59 Å². The molecule has 0 aliphatic rings. The number of methoxy groups -OCH3 is 1. The van der Waals surface area contributed by atoms with E-state index in [-0.39, 0.29) is 5.91 Å². The van der Waals surface area contributed by atoms with E-state index in [9.17, 15) is 9.59 Å². The van der Waals surface area contributed by atoms with Crippen LogP contribution in [0.2, 0.25) is 0 Å². The van der Waals surface area contributed by atoms with E-state index in [0.717, 1.165) is 28.3 Å². The van der Waals surface area contributed by atoms with Gasteiger partial charge in [0.15, 0.2) is 0 Å². The summed E-state index contributed by atoms with van der Waals surface area (Å²) in [6, 6.07) is 18.5. The summed E-state index contributed by atoms with van der Waals surface area (Å²) in [4.78, 5) is 24.4. The molecular formula is C24H25NO4. The van der Waals surface area contributed by atoms with Crippen LogP contribution >= 0.6 is 0 Å². The molecule has 3 aromatic carbocycles. The van der Waals surface area contributed by atoms with Crippen molar-refractivity contribution >= 4 is 22.6 Å². The lowest BCUT2D eigenvalue weighted by Crippen LogP contribution is -2.30. The van der Waals surface area contributed by atoms with Crippen molar-refractivity contribution in [2.75, 3.05) is 7.11 Å². The maximum Gasteiger partial charge on any atom is 0.308 e. The second kappa shape index (κ2) is 9.24. The number of benzene rings is 3. The topological polar surface area (TPSA) is 64.6 Å². The predicted octanol–water partition coefficient (Wildman–Crippen LogP) is 4.78. The van der Waals surface area contributed by atoms with E-state index in [1.807, 2.05) is 61.5 Å². The Morgan fingerprint density at radius 2 is 1.69 bits per heavy atom. The molecule has 29 heavy (non-hydrogen) atoms. The molecule has 0 aliphatic heterocycles. The zero-order valence-corrected chi connectivity index (χ0v) is 16.9. The van der Waals surface area contributed by atoms with Crippen molar-refractivity contribution < 1.29 is 19.1 Å². The highest BCUT2D eigenvalue weighted by Gasteiger charge is 2.26. The molecule has 150 valence electrons. The summed E-state index contributed by atoms with van der Waals surface area (Å²) in [5.74, 6) is 0.574. The van der Waals surface area contributed by atoms with Crippen LogP contribution in [0.3, 0.4) is 0 Å². The van der Waals surface area contributed by atoms with Crippen molar-refractivity contribution in [3.05, 3.63) is 71.8 Å². The molecule has 3 aromatic rings. The van der Waals surface area contributed by atoms with Gasteiger partial charge in [-0.05, 0) is 29.3 Å². The van der Waals surface area contributed by atoms with E-state index in [2.05, 4.69) is 5.32 Å². The fraction of sp³-hybridized carbons (Fsp3) is 0.250. The molecule has 1 amide bonds. The Hall–Kier alpha value is -3.34. The van der Waals surface area contributed by atoms with Crippen LogP contribution < -0.4 is 14.8 Å². The Bertz CT molecular complexity index is 1030. The molecule has 0 saturated carbocycles. The summed E-state index contributed by atoms with van der Waals surface area (Å²) in [5.41, 5.74) is 1.52. The van der Waals surface area contributed by atoms with Gasteiger partial charge in [-0.25, -0.2) is 0 Å². The molecule has 5 nitrogen and oxygen atoms in total. The van der Waals surface area contributed by atoms with Crippen LogP contribution in [0.1, 0.15) is 43.9 Å². The molecular weight excluding hydrogens is 366 g/mol. The number of carbonyl (C=O) groups is 2. The van der Waals surface area contributed by atoms with Gasteiger partial charge in [-0.3, -0.25) is 9.59 Å². The zero-order valence-electron chi connectivity index (χ0n) is 16.9. The van der Waals surface area contributed by atoms with Crippen molar-refractivity contribution in [1.29, 1.82) is 0 Å². The standard InChI is InChI=1S/C24H25NO4/c1-4-9-22(27)25-24(19-12-7-8-13-20(19)28-3)23-18-11-6-5-10-17(18)14-15-21(23)29-16(2)26/h5-8,10-15,24H,4,9H2,1-3H3,(H,25,27). The SMILES string of the molecule is CCCC(=O)NC(c1ccccc1OC)c1c(OC(C)=O)ccc2ccccc12. The van der Waals surface area contributed by atoms with Gasteiger partial charge in [0, 0.05) is 24.5 Å². The van der Waals surface area contributed by atoms with Crippen molar-refractivity contribution in [2.45, 2.75) is 32.7 Å². The van der Waals surface area contributed by atoms with Gasteiger partial charge in [0.25, 0.3) is 0 Å². The van der Waals surface area contributed by atoms with E-state index >= 15 is 0 Å². The van der Waals surface area contributed by atoms with Crippen LogP contribution in [-0.4, -0.2) is 19.0 Å². The summed E-state index contributed by atoms with van der Waals surface area (Å²) >= 11 is 0. The van der Waals surface area contributed by atoms with Crippen LogP contribution in [0, 0.1) is 0 Å². The molecule has 0 aromatic heterocycles. The minimum atomic E-state index is -0.536. The molecule has 1 unspecified atom stereocenters. The lowest BCUT2D eigenvalue weighted by atomic mass is 9.92. The quantitative estimate of drug-likeness (QED) is 0.465. The smallest absolute Gasteiger partial charge is 0.308 e. The fourth-order valence-corrected chi connectivity index (χ4v) is 3.49. The van der Waals surface area contributed by atoms with Gasteiger partial charge >= 0.3 is 5.97 Å². The highest BCUT2D eigenvalue weighted by molar-refractivity contribution is 5.90. The minimum Gasteiger partial charge on any atom is -0.496 e. The summed E-state index contributed by atoms with van der Waals surface area (Å²) in [7, 11) is 1.60. The lowest BCUT2D eigenvalue weighted by Gasteiger charge is -2.25. The van der Waals surface area contributed by atoms with Crippen LogP contribution in [0.15, 0.2) is 60.7 Å². The molecule has 0 fully saturated rings.